The first-order chi connectivity index (χ1) is 9.68. The van der Waals surface area contributed by atoms with E-state index in [1.54, 1.807) is 7.11 Å². The molecule has 6 heteroatoms. The summed E-state index contributed by atoms with van der Waals surface area (Å²) in [5, 5.41) is 3.38. The van der Waals surface area contributed by atoms with Gasteiger partial charge in [-0.15, -0.1) is 0 Å². The number of nitrogens with one attached hydrogen (secondary N) is 2. The second-order valence-electron chi connectivity index (χ2n) is 7.12. The van der Waals surface area contributed by atoms with Crippen LogP contribution in [-0.4, -0.2) is 30.2 Å². The van der Waals surface area contributed by atoms with Crippen molar-refractivity contribution < 1.29 is 4.74 Å². The number of anilines is 2. The minimum atomic E-state index is -0.130. The molecule has 1 heterocycles. The van der Waals surface area contributed by atoms with E-state index < -0.39 is 0 Å². The lowest BCUT2D eigenvalue weighted by Gasteiger charge is -2.25. The maximum atomic E-state index is 5.49. The van der Waals surface area contributed by atoms with Gasteiger partial charge in [0, 0.05) is 31.7 Å². The number of hydrazine groups is 1. The highest BCUT2D eigenvalue weighted by Gasteiger charge is 2.21. The fourth-order valence-electron chi connectivity index (χ4n) is 1.74. The van der Waals surface area contributed by atoms with Gasteiger partial charge in [0.2, 0.25) is 0 Å². The van der Waals surface area contributed by atoms with Crippen LogP contribution in [0.25, 0.3) is 0 Å². The number of nitrogens with zero attached hydrogens (tertiary/aromatic N) is 2. The molecule has 0 atom stereocenters. The lowest BCUT2D eigenvalue weighted by molar-refractivity contribution is 0.157. The monoisotopic (exact) mass is 295 g/mol. The number of ether oxygens (including phenoxy) is 1. The van der Waals surface area contributed by atoms with E-state index in [1.807, 2.05) is 6.07 Å². The van der Waals surface area contributed by atoms with E-state index in [9.17, 15) is 0 Å². The molecule has 6 nitrogen and oxygen atoms in total. The van der Waals surface area contributed by atoms with E-state index in [0.717, 1.165) is 31.2 Å². The van der Waals surface area contributed by atoms with Crippen molar-refractivity contribution >= 4 is 11.6 Å². The lowest BCUT2D eigenvalue weighted by Crippen LogP contribution is -2.26. The molecule has 120 valence electrons. The van der Waals surface area contributed by atoms with Gasteiger partial charge in [-0.2, -0.15) is 0 Å². The summed E-state index contributed by atoms with van der Waals surface area (Å²) < 4.78 is 5.15. The molecular formula is C15H29N5O. The highest BCUT2D eigenvalue weighted by molar-refractivity contribution is 5.47. The summed E-state index contributed by atoms with van der Waals surface area (Å²) in [5.74, 6) is 7.66. The number of nitrogens with two attached hydrogens (primary N) is 1. The van der Waals surface area contributed by atoms with Crippen molar-refractivity contribution in [3.05, 3.63) is 11.9 Å². The zero-order chi connectivity index (χ0) is 16.1. The number of rotatable bonds is 7. The molecule has 1 rings (SSSR count). The summed E-state index contributed by atoms with van der Waals surface area (Å²) in [6.45, 7) is 12.2. The van der Waals surface area contributed by atoms with Crippen LogP contribution in [-0.2, 0) is 10.2 Å². The third-order valence-corrected chi connectivity index (χ3v) is 3.28. The van der Waals surface area contributed by atoms with Crippen LogP contribution in [0.2, 0.25) is 0 Å². The molecule has 0 spiro atoms. The minimum absolute atomic E-state index is 0.124. The van der Waals surface area contributed by atoms with Gasteiger partial charge in [0.1, 0.15) is 17.5 Å². The number of methoxy groups -OCH3 is 1. The largest absolute Gasteiger partial charge is 0.385 e. The minimum Gasteiger partial charge on any atom is -0.385 e. The SMILES string of the molecule is COCCC(C)(C)CNc1cc(NN)nc(C(C)(C)C)n1. The zero-order valence-electron chi connectivity index (χ0n) is 14.1. The second-order valence-corrected chi connectivity index (χ2v) is 7.12. The smallest absolute Gasteiger partial charge is 0.145 e. The molecule has 0 aliphatic carbocycles. The molecule has 0 aliphatic rings. The van der Waals surface area contributed by atoms with Crippen molar-refractivity contribution in [2.24, 2.45) is 11.3 Å². The molecule has 0 radical (unpaired) electrons. The van der Waals surface area contributed by atoms with Crippen molar-refractivity contribution in [1.29, 1.82) is 0 Å². The van der Waals surface area contributed by atoms with E-state index in [1.165, 1.54) is 0 Å². The van der Waals surface area contributed by atoms with Gasteiger partial charge < -0.3 is 15.5 Å². The Bertz CT molecular complexity index is 454. The average molecular weight is 295 g/mol. The Hall–Kier alpha value is -1.40. The molecule has 0 aromatic carbocycles. The molecule has 4 N–H and O–H groups in total. The van der Waals surface area contributed by atoms with E-state index in [2.05, 4.69) is 55.3 Å². The van der Waals surface area contributed by atoms with Gasteiger partial charge in [0.05, 0.1) is 0 Å². The van der Waals surface area contributed by atoms with Gasteiger partial charge in [0.25, 0.3) is 0 Å². The summed E-state index contributed by atoms with van der Waals surface area (Å²) in [4.78, 5) is 9.00. The van der Waals surface area contributed by atoms with E-state index in [-0.39, 0.29) is 10.8 Å². The molecule has 1 aromatic heterocycles. The molecule has 0 amide bonds. The lowest BCUT2D eigenvalue weighted by atomic mass is 9.90. The van der Waals surface area contributed by atoms with Gasteiger partial charge in [-0.05, 0) is 11.8 Å². The third kappa shape index (κ3) is 5.85. The van der Waals surface area contributed by atoms with E-state index >= 15 is 0 Å². The van der Waals surface area contributed by atoms with Crippen molar-refractivity contribution in [3.63, 3.8) is 0 Å². The molecular weight excluding hydrogens is 266 g/mol. The zero-order valence-corrected chi connectivity index (χ0v) is 14.1. The first kappa shape index (κ1) is 17.7. The normalized spacial score (nSPS) is 12.3. The van der Waals surface area contributed by atoms with Crippen molar-refractivity contribution in [2.45, 2.75) is 46.5 Å². The van der Waals surface area contributed by atoms with Gasteiger partial charge >= 0.3 is 0 Å². The van der Waals surface area contributed by atoms with Gasteiger partial charge in [-0.1, -0.05) is 34.6 Å². The molecule has 0 saturated carbocycles. The summed E-state index contributed by atoms with van der Waals surface area (Å²) >= 11 is 0. The van der Waals surface area contributed by atoms with Crippen LogP contribution in [0.4, 0.5) is 11.6 Å². The van der Waals surface area contributed by atoms with Crippen LogP contribution in [0.1, 0.15) is 46.9 Å². The number of hydrogen-bond acceptors (Lipinski definition) is 6. The Morgan fingerprint density at radius 3 is 2.29 bits per heavy atom. The quantitative estimate of drug-likeness (QED) is 0.529. The molecule has 0 aliphatic heterocycles. The summed E-state index contributed by atoms with van der Waals surface area (Å²) in [7, 11) is 1.72. The van der Waals surface area contributed by atoms with Crippen LogP contribution in [0, 0.1) is 5.41 Å². The second kappa shape index (κ2) is 7.04. The van der Waals surface area contributed by atoms with E-state index in [0.29, 0.717) is 5.82 Å². The number of aromatic nitrogens is 2. The molecule has 1 aromatic rings. The van der Waals surface area contributed by atoms with Crippen molar-refractivity contribution in [3.8, 4) is 0 Å². The van der Waals surface area contributed by atoms with Crippen LogP contribution >= 0.6 is 0 Å². The first-order valence-corrected chi connectivity index (χ1v) is 7.27. The van der Waals surface area contributed by atoms with Crippen LogP contribution in [0.3, 0.4) is 0 Å². The molecule has 21 heavy (non-hydrogen) atoms. The maximum absolute atomic E-state index is 5.49. The Kier molecular flexibility index (Phi) is 5.92. The van der Waals surface area contributed by atoms with Crippen LogP contribution < -0.4 is 16.6 Å². The standard InChI is InChI=1S/C15H29N5O/c1-14(2,3)13-18-11(9-12(19-13)20-16)17-10-15(4,5)7-8-21-6/h9H,7-8,10,16H2,1-6H3,(H2,17,18,19,20). The number of nitrogen functional groups attached to an aromatic ring is 1. The first-order valence-electron chi connectivity index (χ1n) is 7.27. The van der Waals surface area contributed by atoms with Crippen LogP contribution in [0.15, 0.2) is 6.07 Å². The van der Waals surface area contributed by atoms with E-state index in [4.69, 9.17) is 10.6 Å². The van der Waals surface area contributed by atoms with Gasteiger partial charge in [-0.25, -0.2) is 15.8 Å². The summed E-state index contributed by atoms with van der Waals surface area (Å²) in [5.41, 5.74) is 2.59. The Labute approximate surface area is 127 Å². The van der Waals surface area contributed by atoms with Gasteiger partial charge in [0.15, 0.2) is 0 Å². The fraction of sp³-hybridized carbons (Fsp3) is 0.733. The average Bonchev–Trinajstić information content (AvgIpc) is 2.42. The van der Waals surface area contributed by atoms with Crippen molar-refractivity contribution in [1.82, 2.24) is 9.97 Å². The Morgan fingerprint density at radius 2 is 1.76 bits per heavy atom. The maximum Gasteiger partial charge on any atom is 0.145 e. The van der Waals surface area contributed by atoms with Crippen molar-refractivity contribution in [2.75, 3.05) is 31.0 Å². The Balaban J connectivity index is 2.83. The highest BCUT2D eigenvalue weighted by atomic mass is 16.5. The molecule has 0 saturated heterocycles. The Morgan fingerprint density at radius 1 is 1.14 bits per heavy atom. The predicted molar refractivity (Wildman–Crippen MR) is 87.3 cm³/mol. The molecule has 0 unspecified atom stereocenters. The highest BCUT2D eigenvalue weighted by Crippen LogP contribution is 2.24. The predicted octanol–water partition coefficient (Wildman–Crippen LogP) is 2.53. The summed E-state index contributed by atoms with van der Waals surface area (Å²) in [6.07, 6.45) is 0.982. The molecule has 0 fully saturated rings. The third-order valence-electron chi connectivity index (χ3n) is 3.28. The number of hydrogen-bond donors (Lipinski definition) is 3. The topological polar surface area (TPSA) is 85.1 Å². The fourth-order valence-corrected chi connectivity index (χ4v) is 1.74. The van der Waals surface area contributed by atoms with Gasteiger partial charge in [-0.3, -0.25) is 0 Å². The summed E-state index contributed by atoms with van der Waals surface area (Å²) in [6, 6.07) is 1.82. The van der Waals surface area contributed by atoms with Crippen LogP contribution in [0.5, 0.6) is 0 Å². The molecule has 0 bridgehead atoms.